The van der Waals surface area contributed by atoms with Crippen LogP contribution in [-0.2, 0) is 0 Å². The molecule has 0 aromatic rings. The van der Waals surface area contributed by atoms with E-state index in [4.69, 9.17) is 5.11 Å². The fourth-order valence-electron chi connectivity index (χ4n) is 1.73. The van der Waals surface area contributed by atoms with Gasteiger partial charge in [0.15, 0.2) is 0 Å². The van der Waals surface area contributed by atoms with E-state index in [0.29, 0.717) is 6.54 Å². The van der Waals surface area contributed by atoms with Crippen molar-refractivity contribution in [1.82, 2.24) is 4.90 Å². The molecule has 0 aromatic heterocycles. The molecule has 0 saturated carbocycles. The minimum atomic E-state index is -0.931. The molecule has 1 aliphatic heterocycles. The third kappa shape index (κ3) is 1.69. The summed E-state index contributed by atoms with van der Waals surface area (Å²) < 4.78 is 0. The highest BCUT2D eigenvalue weighted by molar-refractivity contribution is 5.66. The Kier molecular flexibility index (Phi) is 2.28. The Hall–Kier alpha value is -0.770. The van der Waals surface area contributed by atoms with Crippen molar-refractivity contribution in [3.05, 3.63) is 0 Å². The molecule has 1 saturated heterocycles. The Bertz CT molecular complexity index is 185. The SMILES string of the molecule is CC(C)(O)[C@H]1CCCN1C(=O)O. The summed E-state index contributed by atoms with van der Waals surface area (Å²) in [5.41, 5.74) is -0.922. The third-order valence-electron chi connectivity index (χ3n) is 2.31. The van der Waals surface area contributed by atoms with Crippen LogP contribution in [0, 0.1) is 0 Å². The van der Waals surface area contributed by atoms with Gasteiger partial charge in [0.05, 0.1) is 11.6 Å². The Morgan fingerprint density at radius 2 is 2.17 bits per heavy atom. The summed E-state index contributed by atoms with van der Waals surface area (Å²) in [7, 11) is 0. The minimum Gasteiger partial charge on any atom is -0.465 e. The van der Waals surface area contributed by atoms with Crippen LogP contribution in [-0.4, -0.2) is 39.4 Å². The molecule has 1 atom stereocenters. The Labute approximate surface area is 71.8 Å². The number of carboxylic acid groups (broad SMARTS) is 1. The van der Waals surface area contributed by atoms with Gasteiger partial charge in [0.2, 0.25) is 0 Å². The van der Waals surface area contributed by atoms with E-state index in [1.165, 1.54) is 4.90 Å². The molecular formula is C8H15NO3. The van der Waals surface area contributed by atoms with Crippen molar-refractivity contribution >= 4 is 6.09 Å². The lowest BCUT2D eigenvalue weighted by molar-refractivity contribution is 0.00186. The fraction of sp³-hybridized carbons (Fsp3) is 0.875. The summed E-state index contributed by atoms with van der Waals surface area (Å²) in [4.78, 5) is 12.0. The smallest absolute Gasteiger partial charge is 0.407 e. The quantitative estimate of drug-likeness (QED) is 0.619. The van der Waals surface area contributed by atoms with Crippen molar-refractivity contribution in [2.45, 2.75) is 38.3 Å². The van der Waals surface area contributed by atoms with Crippen LogP contribution in [0.4, 0.5) is 4.79 Å². The molecule has 4 nitrogen and oxygen atoms in total. The second-order valence-electron chi connectivity index (χ2n) is 3.79. The number of amides is 1. The van der Waals surface area contributed by atoms with Crippen molar-refractivity contribution in [1.29, 1.82) is 0 Å². The topological polar surface area (TPSA) is 60.8 Å². The number of aliphatic hydroxyl groups is 1. The van der Waals surface area contributed by atoms with Gasteiger partial charge in [0.1, 0.15) is 0 Å². The first-order valence-corrected chi connectivity index (χ1v) is 4.15. The first-order chi connectivity index (χ1) is 5.43. The van der Waals surface area contributed by atoms with E-state index >= 15 is 0 Å². The Morgan fingerprint density at radius 3 is 2.50 bits per heavy atom. The summed E-state index contributed by atoms with van der Waals surface area (Å²) in [6.07, 6.45) is 0.677. The van der Waals surface area contributed by atoms with E-state index in [1.807, 2.05) is 0 Å². The molecule has 0 aromatic carbocycles. The van der Waals surface area contributed by atoms with Crippen LogP contribution in [0.5, 0.6) is 0 Å². The summed E-state index contributed by atoms with van der Waals surface area (Å²) >= 11 is 0. The average molecular weight is 173 g/mol. The second kappa shape index (κ2) is 2.94. The molecule has 1 rings (SSSR count). The van der Waals surface area contributed by atoms with Crippen LogP contribution in [0.3, 0.4) is 0 Å². The van der Waals surface area contributed by atoms with E-state index < -0.39 is 11.7 Å². The van der Waals surface area contributed by atoms with E-state index in [9.17, 15) is 9.90 Å². The maximum atomic E-state index is 10.7. The molecule has 1 aliphatic rings. The first kappa shape index (κ1) is 9.32. The molecule has 4 heteroatoms. The molecular weight excluding hydrogens is 158 g/mol. The summed E-state index contributed by atoms with van der Waals surface area (Å²) in [6, 6.07) is -0.241. The van der Waals surface area contributed by atoms with Crippen molar-refractivity contribution in [2.75, 3.05) is 6.54 Å². The fourth-order valence-corrected chi connectivity index (χ4v) is 1.73. The van der Waals surface area contributed by atoms with Crippen molar-refractivity contribution < 1.29 is 15.0 Å². The zero-order chi connectivity index (χ0) is 9.35. The molecule has 2 N–H and O–H groups in total. The number of hydrogen-bond donors (Lipinski definition) is 2. The molecule has 70 valence electrons. The normalized spacial score (nSPS) is 24.6. The monoisotopic (exact) mass is 173 g/mol. The van der Waals surface area contributed by atoms with Gasteiger partial charge in [-0.3, -0.25) is 0 Å². The predicted octanol–water partition coefficient (Wildman–Crippen LogP) is 0.900. The first-order valence-electron chi connectivity index (χ1n) is 4.15. The summed E-state index contributed by atoms with van der Waals surface area (Å²) in [5.74, 6) is 0. The lowest BCUT2D eigenvalue weighted by Gasteiger charge is -2.31. The van der Waals surface area contributed by atoms with Gasteiger partial charge in [0, 0.05) is 6.54 Å². The minimum absolute atomic E-state index is 0.241. The van der Waals surface area contributed by atoms with E-state index in [-0.39, 0.29) is 6.04 Å². The highest BCUT2D eigenvalue weighted by Gasteiger charge is 2.38. The van der Waals surface area contributed by atoms with E-state index in [1.54, 1.807) is 13.8 Å². The average Bonchev–Trinajstić information content (AvgIpc) is 2.30. The van der Waals surface area contributed by atoms with E-state index in [0.717, 1.165) is 12.8 Å². The molecule has 0 spiro atoms. The zero-order valence-corrected chi connectivity index (χ0v) is 7.45. The summed E-state index contributed by atoms with van der Waals surface area (Å²) in [6.45, 7) is 3.85. The molecule has 0 unspecified atom stereocenters. The third-order valence-corrected chi connectivity index (χ3v) is 2.31. The highest BCUT2D eigenvalue weighted by atomic mass is 16.4. The highest BCUT2D eigenvalue weighted by Crippen LogP contribution is 2.26. The van der Waals surface area contributed by atoms with Crippen LogP contribution in [0.2, 0.25) is 0 Å². The van der Waals surface area contributed by atoms with Crippen LogP contribution in [0.15, 0.2) is 0 Å². The molecule has 1 amide bonds. The molecule has 12 heavy (non-hydrogen) atoms. The van der Waals surface area contributed by atoms with Gasteiger partial charge in [-0.1, -0.05) is 0 Å². The maximum absolute atomic E-state index is 10.7. The second-order valence-corrected chi connectivity index (χ2v) is 3.79. The van der Waals surface area contributed by atoms with E-state index in [2.05, 4.69) is 0 Å². The van der Waals surface area contributed by atoms with Gasteiger partial charge in [-0.2, -0.15) is 0 Å². The summed E-state index contributed by atoms with van der Waals surface area (Å²) in [5, 5.41) is 18.4. The van der Waals surface area contributed by atoms with Crippen molar-refractivity contribution in [2.24, 2.45) is 0 Å². The predicted molar refractivity (Wildman–Crippen MR) is 44.1 cm³/mol. The van der Waals surface area contributed by atoms with Crippen molar-refractivity contribution in [3.8, 4) is 0 Å². The standard InChI is InChI=1S/C8H15NO3/c1-8(2,12)6-4-3-5-9(6)7(10)11/h6,12H,3-5H2,1-2H3,(H,10,11)/t6-/m1/s1. The lowest BCUT2D eigenvalue weighted by Crippen LogP contribution is -2.47. The molecule has 1 fully saturated rings. The van der Waals surface area contributed by atoms with Crippen LogP contribution < -0.4 is 0 Å². The largest absolute Gasteiger partial charge is 0.465 e. The van der Waals surface area contributed by atoms with Crippen molar-refractivity contribution in [3.63, 3.8) is 0 Å². The Balaban J connectivity index is 2.71. The number of likely N-dealkylation sites (tertiary alicyclic amines) is 1. The van der Waals surface area contributed by atoms with Gasteiger partial charge < -0.3 is 15.1 Å². The molecule has 0 radical (unpaired) electrons. The number of carbonyl (C=O) groups is 1. The maximum Gasteiger partial charge on any atom is 0.407 e. The Morgan fingerprint density at radius 1 is 1.58 bits per heavy atom. The van der Waals surface area contributed by atoms with Gasteiger partial charge in [-0.05, 0) is 26.7 Å². The number of rotatable bonds is 1. The molecule has 1 heterocycles. The van der Waals surface area contributed by atoms with Gasteiger partial charge in [-0.15, -0.1) is 0 Å². The van der Waals surface area contributed by atoms with Gasteiger partial charge in [-0.25, -0.2) is 4.79 Å². The van der Waals surface area contributed by atoms with Gasteiger partial charge in [0.25, 0.3) is 0 Å². The molecule has 0 bridgehead atoms. The zero-order valence-electron chi connectivity index (χ0n) is 7.45. The number of hydrogen-bond acceptors (Lipinski definition) is 2. The lowest BCUT2D eigenvalue weighted by atomic mass is 9.97. The van der Waals surface area contributed by atoms with Crippen LogP contribution >= 0.6 is 0 Å². The number of nitrogens with zero attached hydrogens (tertiary/aromatic N) is 1. The van der Waals surface area contributed by atoms with Gasteiger partial charge >= 0.3 is 6.09 Å². The van der Waals surface area contributed by atoms with Crippen LogP contribution in [0.1, 0.15) is 26.7 Å². The van der Waals surface area contributed by atoms with Crippen LogP contribution in [0.25, 0.3) is 0 Å². The molecule has 0 aliphatic carbocycles.